The van der Waals surface area contributed by atoms with Crippen molar-refractivity contribution in [1.29, 1.82) is 5.41 Å². The number of rotatable bonds is 2. The summed E-state index contributed by atoms with van der Waals surface area (Å²) in [5.41, 5.74) is 2.59. The van der Waals surface area contributed by atoms with Crippen molar-refractivity contribution >= 4 is 11.6 Å². The van der Waals surface area contributed by atoms with Gasteiger partial charge in [-0.1, -0.05) is 0 Å². The van der Waals surface area contributed by atoms with E-state index in [2.05, 4.69) is 15.6 Å². The maximum Gasteiger partial charge on any atom is 0.266 e. The Morgan fingerprint density at radius 3 is 3.09 bits per heavy atom. The summed E-state index contributed by atoms with van der Waals surface area (Å²) in [5.74, 6) is -0.296. The largest absolute Gasteiger partial charge is 0.307 e. The van der Waals surface area contributed by atoms with E-state index >= 15 is 0 Å². The highest BCUT2D eigenvalue weighted by Crippen LogP contribution is 2.00. The molecule has 3 N–H and O–H groups in total. The number of carbonyl (C=O) groups is 1. The molecule has 0 aromatic heterocycles. The van der Waals surface area contributed by atoms with Crippen LogP contribution in [0, 0.1) is 5.41 Å². The summed E-state index contributed by atoms with van der Waals surface area (Å²) >= 11 is 0. The second-order valence-corrected chi connectivity index (χ2v) is 2.33. The van der Waals surface area contributed by atoms with Crippen molar-refractivity contribution in [2.45, 2.75) is 12.5 Å². The first kappa shape index (κ1) is 8.16. The highest BCUT2D eigenvalue weighted by atomic mass is 16.6. The average molecular weight is 157 g/mol. The number of amides is 1. The lowest BCUT2D eigenvalue weighted by molar-refractivity contribution is -0.131. The standard InChI is InChI=1S/C6H11N3O2/c1-11-9-6(10)5-4(7)2-3-8-5/h5,7-8H,2-3H2,1H3,(H,9,10). The van der Waals surface area contributed by atoms with Gasteiger partial charge in [-0.25, -0.2) is 5.48 Å². The summed E-state index contributed by atoms with van der Waals surface area (Å²) in [6.45, 7) is 0.695. The molecule has 1 atom stereocenters. The van der Waals surface area contributed by atoms with Crippen LogP contribution in [0.1, 0.15) is 6.42 Å². The molecule has 0 bridgehead atoms. The second-order valence-electron chi connectivity index (χ2n) is 2.33. The van der Waals surface area contributed by atoms with Crippen LogP contribution in [0.2, 0.25) is 0 Å². The lowest BCUT2D eigenvalue weighted by Gasteiger charge is -2.08. The lowest BCUT2D eigenvalue weighted by Crippen LogP contribution is -2.43. The molecule has 1 heterocycles. The predicted octanol–water partition coefficient (Wildman–Crippen LogP) is -0.954. The van der Waals surface area contributed by atoms with E-state index < -0.39 is 6.04 Å². The fraction of sp³-hybridized carbons (Fsp3) is 0.667. The maximum atomic E-state index is 11.0. The molecule has 0 radical (unpaired) electrons. The SMILES string of the molecule is CONC(=O)C1NCCC1=N. The third-order valence-corrected chi connectivity index (χ3v) is 1.56. The Morgan fingerprint density at radius 1 is 1.91 bits per heavy atom. The first-order valence-electron chi connectivity index (χ1n) is 3.39. The van der Waals surface area contributed by atoms with E-state index in [0.717, 1.165) is 0 Å². The van der Waals surface area contributed by atoms with Gasteiger partial charge in [-0.2, -0.15) is 0 Å². The van der Waals surface area contributed by atoms with E-state index in [1.54, 1.807) is 0 Å². The molecule has 0 aliphatic carbocycles. The molecule has 1 aliphatic rings. The van der Waals surface area contributed by atoms with Gasteiger partial charge in [-0.05, 0) is 6.42 Å². The van der Waals surface area contributed by atoms with Gasteiger partial charge in [0.15, 0.2) is 0 Å². The minimum Gasteiger partial charge on any atom is -0.307 e. The molecule has 1 fully saturated rings. The molecular formula is C6H11N3O2. The summed E-state index contributed by atoms with van der Waals surface area (Å²) in [4.78, 5) is 15.4. The first-order valence-corrected chi connectivity index (χ1v) is 3.39. The van der Waals surface area contributed by atoms with E-state index in [9.17, 15) is 4.79 Å². The van der Waals surface area contributed by atoms with Crippen LogP contribution in [-0.2, 0) is 9.63 Å². The van der Waals surface area contributed by atoms with Crippen LogP contribution < -0.4 is 10.8 Å². The Labute approximate surface area is 64.6 Å². The van der Waals surface area contributed by atoms with Gasteiger partial charge in [0.05, 0.1) is 7.11 Å². The Kier molecular flexibility index (Phi) is 2.56. The van der Waals surface area contributed by atoms with Crippen LogP contribution in [0.5, 0.6) is 0 Å². The Bertz CT molecular complexity index is 181. The zero-order valence-corrected chi connectivity index (χ0v) is 6.31. The summed E-state index contributed by atoms with van der Waals surface area (Å²) in [6.07, 6.45) is 0.641. The molecule has 1 amide bonds. The molecule has 0 saturated carbocycles. The van der Waals surface area contributed by atoms with Gasteiger partial charge in [0.1, 0.15) is 6.04 Å². The molecule has 0 spiro atoms. The van der Waals surface area contributed by atoms with E-state index in [0.29, 0.717) is 18.7 Å². The fourth-order valence-corrected chi connectivity index (χ4v) is 1.03. The van der Waals surface area contributed by atoms with Crippen molar-refractivity contribution in [1.82, 2.24) is 10.8 Å². The zero-order valence-electron chi connectivity index (χ0n) is 6.31. The Balaban J connectivity index is 2.46. The molecule has 1 saturated heterocycles. The molecule has 1 aliphatic heterocycles. The highest BCUT2D eigenvalue weighted by molar-refractivity contribution is 6.07. The predicted molar refractivity (Wildman–Crippen MR) is 39.3 cm³/mol. The van der Waals surface area contributed by atoms with Crippen molar-refractivity contribution in [2.75, 3.05) is 13.7 Å². The maximum absolute atomic E-state index is 11.0. The monoisotopic (exact) mass is 157 g/mol. The normalized spacial score (nSPS) is 23.7. The molecule has 5 nitrogen and oxygen atoms in total. The van der Waals surface area contributed by atoms with E-state index in [1.165, 1.54) is 7.11 Å². The van der Waals surface area contributed by atoms with Gasteiger partial charge in [0.25, 0.3) is 5.91 Å². The lowest BCUT2D eigenvalue weighted by atomic mass is 10.2. The van der Waals surface area contributed by atoms with Gasteiger partial charge in [-0.15, -0.1) is 0 Å². The van der Waals surface area contributed by atoms with Crippen LogP contribution in [0.4, 0.5) is 0 Å². The summed E-state index contributed by atoms with van der Waals surface area (Å²) < 4.78 is 0. The van der Waals surface area contributed by atoms with E-state index in [1.807, 2.05) is 0 Å². The molecule has 1 unspecified atom stereocenters. The molecule has 1 rings (SSSR count). The van der Waals surface area contributed by atoms with Crippen molar-refractivity contribution < 1.29 is 9.63 Å². The summed E-state index contributed by atoms with van der Waals surface area (Å²) in [5, 5.41) is 10.2. The van der Waals surface area contributed by atoms with E-state index in [-0.39, 0.29) is 5.91 Å². The van der Waals surface area contributed by atoms with Gasteiger partial charge in [0.2, 0.25) is 0 Å². The van der Waals surface area contributed by atoms with Crippen molar-refractivity contribution in [3.8, 4) is 0 Å². The summed E-state index contributed by atoms with van der Waals surface area (Å²) in [7, 11) is 1.37. The van der Waals surface area contributed by atoms with Crippen LogP contribution in [-0.4, -0.2) is 31.3 Å². The van der Waals surface area contributed by atoms with Crippen LogP contribution >= 0.6 is 0 Å². The van der Waals surface area contributed by atoms with Crippen LogP contribution in [0.3, 0.4) is 0 Å². The van der Waals surface area contributed by atoms with Crippen molar-refractivity contribution in [3.05, 3.63) is 0 Å². The third-order valence-electron chi connectivity index (χ3n) is 1.56. The number of nitrogens with one attached hydrogen (secondary N) is 3. The number of hydrogen-bond donors (Lipinski definition) is 3. The third kappa shape index (κ3) is 1.75. The minimum atomic E-state index is -0.491. The van der Waals surface area contributed by atoms with E-state index in [4.69, 9.17) is 5.41 Å². The molecule has 0 aromatic carbocycles. The number of hydrogen-bond acceptors (Lipinski definition) is 4. The molecule has 62 valence electrons. The zero-order chi connectivity index (χ0) is 8.27. The number of hydroxylamine groups is 1. The minimum absolute atomic E-state index is 0.296. The fourth-order valence-electron chi connectivity index (χ4n) is 1.03. The van der Waals surface area contributed by atoms with Gasteiger partial charge >= 0.3 is 0 Å². The molecule has 0 aromatic rings. The van der Waals surface area contributed by atoms with Crippen LogP contribution in [0.25, 0.3) is 0 Å². The second kappa shape index (κ2) is 3.45. The molecule has 5 heteroatoms. The van der Waals surface area contributed by atoms with Gasteiger partial charge < -0.3 is 10.7 Å². The van der Waals surface area contributed by atoms with Crippen LogP contribution in [0.15, 0.2) is 0 Å². The topological polar surface area (TPSA) is 74.2 Å². The quantitative estimate of drug-likeness (QED) is 0.452. The van der Waals surface area contributed by atoms with Gasteiger partial charge in [0, 0.05) is 12.3 Å². The van der Waals surface area contributed by atoms with Gasteiger partial charge in [-0.3, -0.25) is 9.63 Å². The Morgan fingerprint density at radius 2 is 2.64 bits per heavy atom. The number of carbonyl (C=O) groups excluding carboxylic acids is 1. The smallest absolute Gasteiger partial charge is 0.266 e. The molecule has 11 heavy (non-hydrogen) atoms. The average Bonchev–Trinajstić information content (AvgIpc) is 2.36. The molecular weight excluding hydrogens is 146 g/mol. The van der Waals surface area contributed by atoms with Crippen molar-refractivity contribution in [2.24, 2.45) is 0 Å². The first-order chi connectivity index (χ1) is 5.25. The van der Waals surface area contributed by atoms with Crippen molar-refractivity contribution in [3.63, 3.8) is 0 Å². The Hall–Kier alpha value is -0.940. The summed E-state index contributed by atoms with van der Waals surface area (Å²) in [6, 6.07) is -0.491. The highest BCUT2D eigenvalue weighted by Gasteiger charge is 2.27.